The van der Waals surface area contributed by atoms with Crippen LogP contribution in [-0.2, 0) is 15.7 Å². The Morgan fingerprint density at radius 1 is 1.13 bits per heavy atom. The van der Waals surface area contributed by atoms with Gasteiger partial charge in [-0.15, -0.1) is 0 Å². The van der Waals surface area contributed by atoms with Crippen LogP contribution in [0.2, 0.25) is 0 Å². The van der Waals surface area contributed by atoms with Crippen molar-refractivity contribution in [2.24, 2.45) is 0 Å². The lowest BCUT2D eigenvalue weighted by molar-refractivity contribution is -0.137. The molecule has 0 aliphatic heterocycles. The molecule has 0 bridgehead atoms. The number of hydrogen-bond acceptors (Lipinski definition) is 5. The van der Waals surface area contributed by atoms with E-state index >= 15 is 0 Å². The van der Waals surface area contributed by atoms with Crippen LogP contribution >= 0.6 is 0 Å². The lowest BCUT2D eigenvalue weighted by Crippen LogP contribution is -2.50. The van der Waals surface area contributed by atoms with E-state index in [0.29, 0.717) is 25.7 Å². The zero-order chi connectivity index (χ0) is 22.5. The van der Waals surface area contributed by atoms with E-state index in [0.717, 1.165) is 12.3 Å². The number of alkyl carbamates (subject to hydrolysis) is 1. The predicted octanol–water partition coefficient (Wildman–Crippen LogP) is 3.82. The number of carbonyl (C=O) groups is 2. The quantitative estimate of drug-likeness (QED) is 0.740. The number of pyridine rings is 1. The summed E-state index contributed by atoms with van der Waals surface area (Å²) in [4.78, 5) is 27.8. The van der Waals surface area contributed by atoms with E-state index in [9.17, 15) is 22.8 Å². The molecule has 1 aromatic rings. The van der Waals surface area contributed by atoms with E-state index in [-0.39, 0.29) is 23.9 Å². The zero-order valence-electron chi connectivity index (χ0n) is 17.5. The molecule has 10 heteroatoms. The van der Waals surface area contributed by atoms with Crippen LogP contribution in [0.15, 0.2) is 18.3 Å². The van der Waals surface area contributed by atoms with Crippen LogP contribution in [0.25, 0.3) is 0 Å². The summed E-state index contributed by atoms with van der Waals surface area (Å²) in [5.74, 6) is -0.166. The fraction of sp³-hybridized carbons (Fsp3) is 0.650. The van der Waals surface area contributed by atoms with Crippen molar-refractivity contribution in [3.8, 4) is 5.88 Å². The molecule has 0 spiro atoms. The van der Waals surface area contributed by atoms with Crippen molar-refractivity contribution in [3.05, 3.63) is 23.9 Å². The van der Waals surface area contributed by atoms with E-state index in [1.807, 2.05) is 0 Å². The Hall–Kier alpha value is -2.52. The highest BCUT2D eigenvalue weighted by Gasteiger charge is 2.31. The first-order valence-corrected chi connectivity index (χ1v) is 9.83. The molecule has 0 aromatic carbocycles. The number of amides is 2. The molecule has 1 heterocycles. The van der Waals surface area contributed by atoms with E-state index in [4.69, 9.17) is 9.47 Å². The molecule has 2 rings (SSSR count). The highest BCUT2D eigenvalue weighted by Crippen LogP contribution is 2.30. The van der Waals surface area contributed by atoms with Crippen molar-refractivity contribution < 1.29 is 32.2 Å². The topological polar surface area (TPSA) is 89.5 Å². The van der Waals surface area contributed by atoms with Crippen molar-refractivity contribution in [2.45, 2.75) is 83.3 Å². The standard InChI is InChI=1S/C20H28F3N3O4/c1-12(25-18(28)30-19(2,3)4)17(27)26-14-6-8-15(9-7-14)29-16-10-5-13(11-24-16)20(21,22)23/h5,10-12,14-15H,6-9H2,1-4H3,(H,25,28)(H,26,27). The second-order valence-corrected chi connectivity index (χ2v) is 8.35. The fourth-order valence-electron chi connectivity index (χ4n) is 2.99. The average Bonchev–Trinajstić information content (AvgIpc) is 2.61. The first kappa shape index (κ1) is 23.8. The van der Waals surface area contributed by atoms with Crippen molar-refractivity contribution >= 4 is 12.0 Å². The maximum Gasteiger partial charge on any atom is 0.417 e. The number of nitrogens with one attached hydrogen (secondary N) is 2. The number of aromatic nitrogens is 1. The third-order valence-electron chi connectivity index (χ3n) is 4.50. The van der Waals surface area contributed by atoms with Gasteiger partial charge in [-0.25, -0.2) is 9.78 Å². The molecular weight excluding hydrogens is 403 g/mol. The number of carbonyl (C=O) groups excluding carboxylic acids is 2. The number of alkyl halides is 3. The summed E-state index contributed by atoms with van der Waals surface area (Å²) < 4.78 is 48.5. The molecule has 0 saturated heterocycles. The normalized spacial score (nSPS) is 20.8. The fourth-order valence-corrected chi connectivity index (χ4v) is 2.99. The van der Waals surface area contributed by atoms with Crippen LogP contribution < -0.4 is 15.4 Å². The summed E-state index contributed by atoms with van der Waals surface area (Å²) in [6, 6.07) is 1.33. The number of halogens is 3. The Morgan fingerprint density at radius 2 is 1.77 bits per heavy atom. The van der Waals surface area contributed by atoms with Crippen molar-refractivity contribution in [1.82, 2.24) is 15.6 Å². The van der Waals surface area contributed by atoms with Crippen LogP contribution in [-0.4, -0.2) is 40.8 Å². The van der Waals surface area contributed by atoms with E-state index < -0.39 is 29.5 Å². The van der Waals surface area contributed by atoms with Crippen molar-refractivity contribution in [3.63, 3.8) is 0 Å². The maximum atomic E-state index is 12.6. The molecule has 1 saturated carbocycles. The smallest absolute Gasteiger partial charge is 0.417 e. The van der Waals surface area contributed by atoms with E-state index in [1.165, 1.54) is 6.07 Å². The first-order valence-electron chi connectivity index (χ1n) is 9.83. The maximum absolute atomic E-state index is 12.6. The van der Waals surface area contributed by atoms with Crippen LogP contribution in [0.1, 0.15) is 58.9 Å². The Labute approximate surface area is 173 Å². The monoisotopic (exact) mass is 431 g/mol. The van der Waals surface area contributed by atoms with Gasteiger partial charge in [-0.2, -0.15) is 13.2 Å². The molecule has 7 nitrogen and oxygen atoms in total. The summed E-state index contributed by atoms with van der Waals surface area (Å²) >= 11 is 0. The first-order chi connectivity index (χ1) is 13.8. The molecule has 1 unspecified atom stereocenters. The van der Waals surface area contributed by atoms with Crippen LogP contribution in [0.5, 0.6) is 5.88 Å². The van der Waals surface area contributed by atoms with E-state index in [1.54, 1.807) is 27.7 Å². The number of nitrogens with zero attached hydrogens (tertiary/aromatic N) is 1. The molecule has 1 aliphatic rings. The molecule has 30 heavy (non-hydrogen) atoms. The molecular formula is C20H28F3N3O4. The van der Waals surface area contributed by atoms with Gasteiger partial charge in [-0.05, 0) is 59.4 Å². The minimum absolute atomic E-state index is 0.0687. The van der Waals surface area contributed by atoms with Gasteiger partial charge in [0, 0.05) is 18.3 Å². The predicted molar refractivity (Wildman–Crippen MR) is 103 cm³/mol. The SMILES string of the molecule is CC(NC(=O)OC(C)(C)C)C(=O)NC1CCC(Oc2ccc(C(F)(F)F)cn2)CC1. The number of ether oxygens (including phenoxy) is 2. The Morgan fingerprint density at radius 3 is 2.27 bits per heavy atom. The molecule has 1 atom stereocenters. The van der Waals surface area contributed by atoms with Gasteiger partial charge < -0.3 is 20.1 Å². The van der Waals surface area contributed by atoms with Crippen LogP contribution in [0, 0.1) is 0 Å². The minimum Gasteiger partial charge on any atom is -0.474 e. The van der Waals surface area contributed by atoms with Gasteiger partial charge in [0.2, 0.25) is 11.8 Å². The Balaban J connectivity index is 1.75. The lowest BCUT2D eigenvalue weighted by atomic mass is 9.92. The third-order valence-corrected chi connectivity index (χ3v) is 4.50. The van der Waals surface area contributed by atoms with Crippen molar-refractivity contribution in [2.75, 3.05) is 0 Å². The third kappa shape index (κ3) is 7.72. The summed E-state index contributed by atoms with van der Waals surface area (Å²) in [6.45, 7) is 6.78. The summed E-state index contributed by atoms with van der Waals surface area (Å²) in [7, 11) is 0. The Bertz CT molecular complexity index is 724. The van der Waals surface area contributed by atoms with Gasteiger partial charge in [-0.3, -0.25) is 4.79 Å². The van der Waals surface area contributed by atoms with Crippen LogP contribution in [0.4, 0.5) is 18.0 Å². The highest BCUT2D eigenvalue weighted by molar-refractivity contribution is 5.85. The van der Waals surface area contributed by atoms with Crippen molar-refractivity contribution in [1.29, 1.82) is 0 Å². The second-order valence-electron chi connectivity index (χ2n) is 8.35. The number of rotatable bonds is 5. The van der Waals surface area contributed by atoms with Crippen LogP contribution in [0.3, 0.4) is 0 Å². The van der Waals surface area contributed by atoms with E-state index in [2.05, 4.69) is 15.6 Å². The summed E-state index contributed by atoms with van der Waals surface area (Å²) in [5.41, 5.74) is -1.48. The van der Waals surface area contributed by atoms with Gasteiger partial charge in [0.15, 0.2) is 0 Å². The largest absolute Gasteiger partial charge is 0.474 e. The zero-order valence-corrected chi connectivity index (χ0v) is 17.5. The molecule has 1 fully saturated rings. The second kappa shape index (κ2) is 9.53. The molecule has 168 valence electrons. The molecule has 2 amide bonds. The highest BCUT2D eigenvalue weighted by atomic mass is 19.4. The summed E-state index contributed by atoms with van der Waals surface area (Å²) in [5, 5.41) is 5.39. The molecule has 1 aromatic heterocycles. The molecule has 1 aliphatic carbocycles. The Kier molecular flexibility index (Phi) is 7.54. The van der Waals surface area contributed by atoms with Gasteiger partial charge in [0.05, 0.1) is 5.56 Å². The van der Waals surface area contributed by atoms with Gasteiger partial charge >= 0.3 is 12.3 Å². The molecule has 2 N–H and O–H groups in total. The van der Waals surface area contributed by atoms with Gasteiger partial charge in [-0.1, -0.05) is 0 Å². The van der Waals surface area contributed by atoms with Gasteiger partial charge in [0.1, 0.15) is 17.7 Å². The number of hydrogen-bond donors (Lipinski definition) is 2. The van der Waals surface area contributed by atoms with Gasteiger partial charge in [0.25, 0.3) is 0 Å². The average molecular weight is 431 g/mol. The summed E-state index contributed by atoms with van der Waals surface area (Å²) in [6.07, 6.45) is -1.97. The minimum atomic E-state index is -4.43. The lowest BCUT2D eigenvalue weighted by Gasteiger charge is -2.30. The molecule has 0 radical (unpaired) electrons.